The van der Waals surface area contributed by atoms with Crippen LogP contribution < -0.4 is 15.4 Å². The smallest absolute Gasteiger partial charge is 0.223 e. The summed E-state index contributed by atoms with van der Waals surface area (Å²) in [6.45, 7) is 3.40. The van der Waals surface area contributed by atoms with Crippen LogP contribution in [-0.2, 0) is 17.8 Å². The Balaban J connectivity index is 1.18. The first-order valence-electron chi connectivity index (χ1n) is 9.99. The molecule has 1 heterocycles. The lowest BCUT2D eigenvalue weighted by atomic mass is 9.92. The van der Waals surface area contributed by atoms with Gasteiger partial charge in [0.25, 0.3) is 0 Å². The molecule has 1 spiro atoms. The van der Waals surface area contributed by atoms with E-state index in [1.54, 1.807) is 0 Å². The third-order valence-electron chi connectivity index (χ3n) is 5.99. The van der Waals surface area contributed by atoms with Crippen LogP contribution in [0.1, 0.15) is 30.4 Å². The van der Waals surface area contributed by atoms with Gasteiger partial charge in [0.2, 0.25) is 5.91 Å². The molecule has 0 aromatic heterocycles. The molecule has 2 N–H and O–H groups in total. The van der Waals surface area contributed by atoms with Gasteiger partial charge in [-0.2, -0.15) is 0 Å². The maximum Gasteiger partial charge on any atom is 0.223 e. The van der Waals surface area contributed by atoms with Gasteiger partial charge in [0.05, 0.1) is 0 Å². The molecule has 0 bridgehead atoms. The van der Waals surface area contributed by atoms with E-state index in [9.17, 15) is 4.79 Å². The Labute approximate surface area is 161 Å². The van der Waals surface area contributed by atoms with Crippen molar-refractivity contribution in [2.75, 3.05) is 19.6 Å². The van der Waals surface area contributed by atoms with Crippen molar-refractivity contribution < 1.29 is 9.53 Å². The van der Waals surface area contributed by atoms with Crippen LogP contribution in [0.3, 0.4) is 0 Å². The van der Waals surface area contributed by atoms with Crippen LogP contribution in [0.25, 0.3) is 0 Å². The summed E-state index contributed by atoms with van der Waals surface area (Å²) in [5.41, 5.74) is 2.69. The fourth-order valence-electron chi connectivity index (χ4n) is 4.14. The molecule has 4 heteroatoms. The highest BCUT2D eigenvalue weighted by atomic mass is 16.5. The molecule has 2 aromatic rings. The summed E-state index contributed by atoms with van der Waals surface area (Å²) in [5, 5.41) is 6.52. The molecule has 27 heavy (non-hydrogen) atoms. The molecule has 2 aromatic carbocycles. The Morgan fingerprint density at radius 2 is 1.78 bits per heavy atom. The predicted molar refractivity (Wildman–Crippen MR) is 107 cm³/mol. The lowest BCUT2D eigenvalue weighted by Gasteiger charge is -2.23. The molecule has 1 atom stereocenters. The first-order valence-corrected chi connectivity index (χ1v) is 9.99. The summed E-state index contributed by atoms with van der Waals surface area (Å²) in [6.07, 6.45) is 4.23. The molecule has 4 nitrogen and oxygen atoms in total. The molecule has 4 rings (SSSR count). The number of carbonyl (C=O) groups is 1. The molecular formula is C23H28N2O2. The monoisotopic (exact) mass is 364 g/mol. The number of hydrogen-bond acceptors (Lipinski definition) is 3. The molecule has 1 aliphatic carbocycles. The van der Waals surface area contributed by atoms with Gasteiger partial charge in [-0.15, -0.1) is 0 Å². The fraction of sp³-hybridized carbons (Fsp3) is 0.435. The summed E-state index contributed by atoms with van der Waals surface area (Å²) in [6, 6.07) is 18.3. The van der Waals surface area contributed by atoms with E-state index >= 15 is 0 Å². The molecule has 1 aliphatic heterocycles. The largest absolute Gasteiger partial charge is 0.489 e. The van der Waals surface area contributed by atoms with Crippen LogP contribution in [0.5, 0.6) is 5.75 Å². The minimum atomic E-state index is 0.244. The summed E-state index contributed by atoms with van der Waals surface area (Å²) >= 11 is 0. The quantitative estimate of drug-likeness (QED) is 0.792. The van der Waals surface area contributed by atoms with Crippen LogP contribution in [0.2, 0.25) is 0 Å². The second-order valence-electron chi connectivity index (χ2n) is 7.83. The van der Waals surface area contributed by atoms with Crippen molar-refractivity contribution in [3.05, 3.63) is 65.7 Å². The van der Waals surface area contributed by atoms with E-state index in [-0.39, 0.29) is 11.8 Å². The number of rotatable bonds is 7. The minimum absolute atomic E-state index is 0.244. The van der Waals surface area contributed by atoms with Gasteiger partial charge in [0.1, 0.15) is 12.4 Å². The van der Waals surface area contributed by atoms with Crippen molar-refractivity contribution in [3.8, 4) is 5.75 Å². The third-order valence-corrected chi connectivity index (χ3v) is 5.99. The molecular weight excluding hydrogens is 336 g/mol. The molecule has 1 amide bonds. The number of nitrogens with one attached hydrogen (secondary N) is 2. The van der Waals surface area contributed by atoms with Crippen LogP contribution in [-0.4, -0.2) is 25.5 Å². The summed E-state index contributed by atoms with van der Waals surface area (Å²) < 4.78 is 5.82. The van der Waals surface area contributed by atoms with Crippen molar-refractivity contribution in [2.24, 2.45) is 11.3 Å². The van der Waals surface area contributed by atoms with Gasteiger partial charge in [0, 0.05) is 12.5 Å². The van der Waals surface area contributed by atoms with Gasteiger partial charge in [-0.05, 0) is 67.4 Å². The number of benzene rings is 2. The molecule has 1 saturated heterocycles. The van der Waals surface area contributed by atoms with Crippen molar-refractivity contribution in [1.82, 2.24) is 10.6 Å². The number of amides is 1. The van der Waals surface area contributed by atoms with Crippen LogP contribution in [0.15, 0.2) is 54.6 Å². The van der Waals surface area contributed by atoms with Gasteiger partial charge in [0.15, 0.2) is 0 Å². The topological polar surface area (TPSA) is 50.4 Å². The first kappa shape index (κ1) is 18.1. The van der Waals surface area contributed by atoms with Gasteiger partial charge >= 0.3 is 0 Å². The Bertz CT molecular complexity index is 752. The number of ether oxygens (including phenoxy) is 1. The average molecular weight is 364 g/mol. The summed E-state index contributed by atoms with van der Waals surface area (Å²) in [4.78, 5) is 12.4. The van der Waals surface area contributed by atoms with E-state index in [1.807, 2.05) is 30.3 Å². The molecule has 1 unspecified atom stereocenters. The zero-order valence-electron chi connectivity index (χ0n) is 15.7. The number of hydrogen-bond donors (Lipinski definition) is 2. The second kappa shape index (κ2) is 8.13. The minimum Gasteiger partial charge on any atom is -0.489 e. The van der Waals surface area contributed by atoms with Gasteiger partial charge in [-0.1, -0.05) is 42.5 Å². The van der Waals surface area contributed by atoms with E-state index in [4.69, 9.17) is 4.74 Å². The predicted octanol–water partition coefficient (Wildman–Crippen LogP) is 3.31. The average Bonchev–Trinajstić information content (AvgIpc) is 3.41. The Morgan fingerprint density at radius 1 is 1.04 bits per heavy atom. The lowest BCUT2D eigenvalue weighted by Crippen LogP contribution is -2.34. The Hall–Kier alpha value is -2.33. The molecule has 1 saturated carbocycles. The first-order chi connectivity index (χ1) is 13.3. The number of piperidine rings is 1. The van der Waals surface area contributed by atoms with E-state index in [0.29, 0.717) is 18.6 Å². The number of carbonyl (C=O) groups excluding carboxylic acids is 1. The SMILES string of the molecule is O=C(NCCc1ccc(OCc2ccccc2)cc1)C1CC12CCNCC2. The van der Waals surface area contributed by atoms with Gasteiger partial charge < -0.3 is 15.4 Å². The zero-order chi connectivity index (χ0) is 18.5. The highest BCUT2D eigenvalue weighted by molar-refractivity contribution is 5.82. The Morgan fingerprint density at radius 3 is 2.52 bits per heavy atom. The van der Waals surface area contributed by atoms with Crippen molar-refractivity contribution >= 4 is 5.91 Å². The molecule has 0 radical (unpaired) electrons. The van der Waals surface area contributed by atoms with Crippen molar-refractivity contribution in [1.29, 1.82) is 0 Å². The third kappa shape index (κ3) is 4.51. The van der Waals surface area contributed by atoms with Gasteiger partial charge in [-0.25, -0.2) is 0 Å². The van der Waals surface area contributed by atoms with Crippen LogP contribution >= 0.6 is 0 Å². The summed E-state index contributed by atoms with van der Waals surface area (Å²) in [5.74, 6) is 1.37. The van der Waals surface area contributed by atoms with E-state index in [0.717, 1.165) is 50.1 Å². The van der Waals surface area contributed by atoms with E-state index in [2.05, 4.69) is 34.9 Å². The maximum absolute atomic E-state index is 12.4. The van der Waals surface area contributed by atoms with Crippen molar-refractivity contribution in [2.45, 2.75) is 32.3 Å². The lowest BCUT2D eigenvalue weighted by molar-refractivity contribution is -0.123. The molecule has 142 valence electrons. The van der Waals surface area contributed by atoms with Gasteiger partial charge in [-0.3, -0.25) is 4.79 Å². The second-order valence-corrected chi connectivity index (χ2v) is 7.83. The maximum atomic E-state index is 12.4. The molecule has 2 fully saturated rings. The van der Waals surface area contributed by atoms with E-state index in [1.165, 1.54) is 5.56 Å². The van der Waals surface area contributed by atoms with E-state index < -0.39 is 0 Å². The normalized spacial score (nSPS) is 20.2. The van der Waals surface area contributed by atoms with Crippen LogP contribution in [0, 0.1) is 11.3 Å². The molecule has 2 aliphatic rings. The Kier molecular flexibility index (Phi) is 5.44. The highest BCUT2D eigenvalue weighted by Gasteiger charge is 2.57. The summed E-state index contributed by atoms with van der Waals surface area (Å²) in [7, 11) is 0. The van der Waals surface area contributed by atoms with Crippen LogP contribution in [0.4, 0.5) is 0 Å². The highest BCUT2D eigenvalue weighted by Crippen LogP contribution is 2.58. The standard InChI is InChI=1S/C23H28N2O2/c26-22(21-16-23(21)11-14-24-15-12-23)25-13-10-18-6-8-20(9-7-18)27-17-19-4-2-1-3-5-19/h1-9,21,24H,10-17H2,(H,25,26). The van der Waals surface area contributed by atoms with Crippen molar-refractivity contribution in [3.63, 3.8) is 0 Å². The zero-order valence-corrected chi connectivity index (χ0v) is 15.7. The fourth-order valence-corrected chi connectivity index (χ4v) is 4.14.